The first kappa shape index (κ1) is 6.04. The molecule has 0 atom stereocenters. The van der Waals surface area contributed by atoms with Gasteiger partial charge in [0.2, 0.25) is 0 Å². The third kappa shape index (κ3) is 0.501. The summed E-state index contributed by atoms with van der Waals surface area (Å²) < 4.78 is 0. The Hall–Kier alpha value is -0.530. The van der Waals surface area contributed by atoms with Crippen LogP contribution in [0, 0.1) is 16.7 Å². The van der Waals surface area contributed by atoms with Gasteiger partial charge in [0.1, 0.15) is 0 Å². The van der Waals surface area contributed by atoms with Gasteiger partial charge in [0.15, 0.2) is 0 Å². The van der Waals surface area contributed by atoms with E-state index in [1.165, 1.54) is 25.7 Å². The Morgan fingerprint density at radius 1 is 1.27 bits per heavy atom. The van der Waals surface area contributed by atoms with E-state index in [9.17, 15) is 4.79 Å². The van der Waals surface area contributed by atoms with Crippen molar-refractivity contribution in [3.05, 3.63) is 0 Å². The number of aliphatic carboxylic acids is 1. The van der Waals surface area contributed by atoms with Gasteiger partial charge in [-0.1, -0.05) is 0 Å². The summed E-state index contributed by atoms with van der Waals surface area (Å²) in [5.41, 5.74) is 1.15. The molecule has 0 bridgehead atoms. The van der Waals surface area contributed by atoms with E-state index in [1.807, 2.05) is 0 Å². The molecule has 60 valence electrons. The van der Waals surface area contributed by atoms with Crippen molar-refractivity contribution in [1.29, 1.82) is 0 Å². The molecule has 3 aliphatic rings. The number of carbonyl (C=O) groups is 1. The molecule has 0 radical (unpaired) electrons. The molecule has 2 nitrogen and oxygen atoms in total. The van der Waals surface area contributed by atoms with Crippen molar-refractivity contribution in [3.63, 3.8) is 0 Å². The van der Waals surface area contributed by atoms with E-state index in [2.05, 4.69) is 0 Å². The van der Waals surface area contributed by atoms with E-state index >= 15 is 0 Å². The zero-order valence-corrected chi connectivity index (χ0v) is 6.47. The maximum atomic E-state index is 10.5. The minimum atomic E-state index is -0.593. The highest BCUT2D eigenvalue weighted by atomic mass is 16.4. The summed E-state index contributed by atoms with van der Waals surface area (Å²) in [6, 6.07) is 0. The second-order valence-electron chi connectivity index (χ2n) is 4.46. The van der Waals surface area contributed by atoms with Gasteiger partial charge in [-0.25, -0.2) is 0 Å². The van der Waals surface area contributed by atoms with Crippen molar-refractivity contribution in [3.8, 4) is 0 Å². The highest BCUT2D eigenvalue weighted by Crippen LogP contribution is 2.93. The number of carboxylic acids is 1. The Balaban J connectivity index is 1.78. The van der Waals surface area contributed by atoms with Crippen LogP contribution in [0.2, 0.25) is 0 Å². The fraction of sp³-hybridized carbons (Fsp3) is 0.889. The van der Waals surface area contributed by atoms with Gasteiger partial charge in [0.05, 0.1) is 0 Å². The van der Waals surface area contributed by atoms with Gasteiger partial charge in [0, 0.05) is 6.42 Å². The molecular weight excluding hydrogens is 140 g/mol. The summed E-state index contributed by atoms with van der Waals surface area (Å²) in [4.78, 5) is 10.5. The van der Waals surface area contributed by atoms with Crippen LogP contribution in [0.5, 0.6) is 0 Å². The molecule has 11 heavy (non-hydrogen) atoms. The number of carboxylic acid groups (broad SMARTS) is 1. The Morgan fingerprint density at radius 3 is 2.00 bits per heavy atom. The zero-order chi connectivity index (χ0) is 7.69. The third-order valence-electron chi connectivity index (χ3n) is 4.20. The molecule has 3 saturated carbocycles. The van der Waals surface area contributed by atoms with Crippen molar-refractivity contribution < 1.29 is 9.90 Å². The minimum Gasteiger partial charge on any atom is -0.481 e. The molecule has 0 saturated heterocycles. The molecule has 0 heterocycles. The second-order valence-corrected chi connectivity index (χ2v) is 4.46. The van der Waals surface area contributed by atoms with Crippen LogP contribution < -0.4 is 0 Å². The van der Waals surface area contributed by atoms with E-state index in [-0.39, 0.29) is 0 Å². The molecule has 0 aromatic carbocycles. The van der Waals surface area contributed by atoms with Crippen LogP contribution in [0.1, 0.15) is 32.1 Å². The summed E-state index contributed by atoms with van der Waals surface area (Å²) in [6.45, 7) is 0. The SMILES string of the molecule is O=C(O)CC1C2(CC2)C12CC2. The van der Waals surface area contributed by atoms with Crippen LogP contribution in [-0.2, 0) is 4.79 Å². The largest absolute Gasteiger partial charge is 0.481 e. The van der Waals surface area contributed by atoms with Crippen molar-refractivity contribution in [2.24, 2.45) is 16.7 Å². The monoisotopic (exact) mass is 152 g/mol. The standard InChI is InChI=1S/C9H12O2/c10-7(11)5-6-8(1-2-8)9(6)3-4-9/h6H,1-5H2,(H,10,11). The van der Waals surface area contributed by atoms with Gasteiger partial charge in [0.25, 0.3) is 0 Å². The molecule has 0 aromatic rings. The topological polar surface area (TPSA) is 37.3 Å². The zero-order valence-electron chi connectivity index (χ0n) is 6.47. The second kappa shape index (κ2) is 1.35. The van der Waals surface area contributed by atoms with Crippen LogP contribution in [0.15, 0.2) is 0 Å². The maximum Gasteiger partial charge on any atom is 0.303 e. The quantitative estimate of drug-likeness (QED) is 0.653. The van der Waals surface area contributed by atoms with Crippen LogP contribution >= 0.6 is 0 Å². The molecule has 3 fully saturated rings. The lowest BCUT2D eigenvalue weighted by molar-refractivity contribution is -0.137. The van der Waals surface area contributed by atoms with E-state index < -0.39 is 5.97 Å². The molecule has 0 aromatic heterocycles. The molecule has 3 rings (SSSR count). The number of hydrogen-bond donors (Lipinski definition) is 1. The third-order valence-corrected chi connectivity index (χ3v) is 4.20. The Bertz CT molecular complexity index is 218. The van der Waals surface area contributed by atoms with E-state index in [1.54, 1.807) is 0 Å². The molecular formula is C9H12O2. The summed E-state index contributed by atoms with van der Waals surface area (Å²) in [5.74, 6) is -0.0162. The maximum absolute atomic E-state index is 10.5. The van der Waals surface area contributed by atoms with Crippen LogP contribution in [-0.4, -0.2) is 11.1 Å². The normalized spacial score (nSPS) is 39.1. The van der Waals surface area contributed by atoms with Gasteiger partial charge in [-0.05, 0) is 42.4 Å². The first-order chi connectivity index (χ1) is 5.21. The number of rotatable bonds is 2. The Labute approximate surface area is 65.6 Å². The number of fused-ring (bicyclic) bond motifs is 1. The number of hydrogen-bond acceptors (Lipinski definition) is 1. The highest BCUT2D eigenvalue weighted by molar-refractivity contribution is 5.69. The van der Waals surface area contributed by atoms with Crippen molar-refractivity contribution >= 4 is 5.97 Å². The van der Waals surface area contributed by atoms with Crippen LogP contribution in [0.25, 0.3) is 0 Å². The van der Waals surface area contributed by atoms with Gasteiger partial charge in [-0.2, -0.15) is 0 Å². The lowest BCUT2D eigenvalue weighted by atomic mass is 10.2. The van der Waals surface area contributed by atoms with Crippen LogP contribution in [0.3, 0.4) is 0 Å². The van der Waals surface area contributed by atoms with Gasteiger partial charge >= 0.3 is 5.97 Å². The first-order valence-corrected chi connectivity index (χ1v) is 4.43. The lowest BCUT2D eigenvalue weighted by Crippen LogP contribution is -1.97. The minimum absolute atomic E-state index is 0.444. The Morgan fingerprint density at radius 2 is 1.73 bits per heavy atom. The summed E-state index contributed by atoms with van der Waals surface area (Å²) in [5, 5.41) is 8.64. The predicted molar refractivity (Wildman–Crippen MR) is 39.1 cm³/mol. The van der Waals surface area contributed by atoms with E-state index in [0.29, 0.717) is 23.2 Å². The molecule has 0 amide bonds. The average Bonchev–Trinajstić information content (AvgIpc) is 2.79. The molecule has 3 aliphatic carbocycles. The van der Waals surface area contributed by atoms with E-state index in [4.69, 9.17) is 5.11 Å². The molecule has 0 aliphatic heterocycles. The van der Waals surface area contributed by atoms with Crippen molar-refractivity contribution in [1.82, 2.24) is 0 Å². The van der Waals surface area contributed by atoms with Gasteiger partial charge in [-0.3, -0.25) is 4.79 Å². The van der Waals surface area contributed by atoms with E-state index in [0.717, 1.165) is 0 Å². The van der Waals surface area contributed by atoms with Crippen molar-refractivity contribution in [2.75, 3.05) is 0 Å². The fourth-order valence-electron chi connectivity index (χ4n) is 3.37. The molecule has 0 unspecified atom stereocenters. The Kier molecular flexibility index (Phi) is 0.739. The summed E-state index contributed by atoms with van der Waals surface area (Å²) in [7, 11) is 0. The fourth-order valence-corrected chi connectivity index (χ4v) is 3.37. The van der Waals surface area contributed by atoms with Gasteiger partial charge < -0.3 is 5.11 Å². The predicted octanol–water partition coefficient (Wildman–Crippen LogP) is 1.65. The summed E-state index contributed by atoms with van der Waals surface area (Å²) in [6.07, 6.45) is 5.74. The average molecular weight is 152 g/mol. The first-order valence-electron chi connectivity index (χ1n) is 4.43. The molecule has 2 heteroatoms. The van der Waals surface area contributed by atoms with Crippen molar-refractivity contribution in [2.45, 2.75) is 32.1 Å². The smallest absolute Gasteiger partial charge is 0.303 e. The highest BCUT2D eigenvalue weighted by Gasteiger charge is 2.86. The van der Waals surface area contributed by atoms with Gasteiger partial charge in [-0.15, -0.1) is 0 Å². The summed E-state index contributed by atoms with van der Waals surface area (Å²) >= 11 is 0. The molecule has 1 N–H and O–H groups in total. The lowest BCUT2D eigenvalue weighted by Gasteiger charge is -1.88. The van der Waals surface area contributed by atoms with Crippen LogP contribution in [0.4, 0.5) is 0 Å². The molecule has 2 spiro atoms.